The molecule has 21 heavy (non-hydrogen) atoms. The second-order valence-corrected chi connectivity index (χ2v) is 3.80. The van der Waals surface area contributed by atoms with E-state index in [4.69, 9.17) is 0 Å². The van der Waals surface area contributed by atoms with E-state index in [2.05, 4.69) is 13.2 Å². The molecule has 0 unspecified atom stereocenters. The van der Waals surface area contributed by atoms with Gasteiger partial charge in [-0.05, 0) is 5.56 Å². The van der Waals surface area contributed by atoms with Crippen molar-refractivity contribution in [3.63, 3.8) is 0 Å². The largest absolute Gasteiger partial charge is 0.203 e. The van der Waals surface area contributed by atoms with Gasteiger partial charge < -0.3 is 0 Å². The molecular formula is C16H11F5. The van der Waals surface area contributed by atoms with E-state index in [0.717, 1.165) is 0 Å². The predicted molar refractivity (Wildman–Crippen MR) is 72.9 cm³/mol. The summed E-state index contributed by atoms with van der Waals surface area (Å²) in [6.07, 6.45) is 2.40. The third-order valence-electron chi connectivity index (χ3n) is 2.48. The van der Waals surface area contributed by atoms with Crippen molar-refractivity contribution in [2.24, 2.45) is 0 Å². The van der Waals surface area contributed by atoms with Gasteiger partial charge in [0, 0.05) is 0 Å². The van der Waals surface area contributed by atoms with Crippen molar-refractivity contribution in [3.05, 3.63) is 83.7 Å². The van der Waals surface area contributed by atoms with Crippen LogP contribution in [0.3, 0.4) is 0 Å². The van der Waals surface area contributed by atoms with E-state index < -0.39 is 34.6 Å². The van der Waals surface area contributed by atoms with E-state index in [-0.39, 0.29) is 0 Å². The highest BCUT2D eigenvalue weighted by molar-refractivity contribution is 5.49. The van der Waals surface area contributed by atoms with Crippen molar-refractivity contribution in [2.45, 2.75) is 0 Å². The molecule has 0 saturated heterocycles. The van der Waals surface area contributed by atoms with Gasteiger partial charge in [-0.3, -0.25) is 0 Å². The fraction of sp³-hybridized carbons (Fsp3) is 0. The van der Waals surface area contributed by atoms with Gasteiger partial charge >= 0.3 is 0 Å². The monoisotopic (exact) mass is 298 g/mol. The SMILES string of the molecule is C=Cc1c(F)c(F)c(F)c(F)c1F.C=Cc1ccccc1. The zero-order valence-corrected chi connectivity index (χ0v) is 10.8. The zero-order valence-electron chi connectivity index (χ0n) is 10.8. The standard InChI is InChI=1S/C8H3F5.C8H8/c1-2-3-4(9)6(11)8(13)7(12)5(3)10;1-2-8-6-4-3-5-7-8/h2H,1H2;2-7H,1H2. The molecule has 2 rings (SSSR count). The fourth-order valence-electron chi connectivity index (χ4n) is 1.39. The highest BCUT2D eigenvalue weighted by Crippen LogP contribution is 2.23. The molecule has 0 fully saturated rings. The summed E-state index contributed by atoms with van der Waals surface area (Å²) < 4.78 is 62.4. The molecule has 0 aliphatic rings. The molecule has 0 amide bonds. The van der Waals surface area contributed by atoms with Crippen LogP contribution >= 0.6 is 0 Å². The summed E-state index contributed by atoms with van der Waals surface area (Å²) in [5.41, 5.74) is 0.156. The predicted octanol–water partition coefficient (Wildman–Crippen LogP) is 5.35. The Morgan fingerprint density at radius 2 is 1.05 bits per heavy atom. The maximum absolute atomic E-state index is 12.6. The normalized spacial score (nSPS) is 9.57. The fourth-order valence-corrected chi connectivity index (χ4v) is 1.39. The van der Waals surface area contributed by atoms with E-state index in [9.17, 15) is 22.0 Å². The van der Waals surface area contributed by atoms with Crippen LogP contribution in [-0.4, -0.2) is 0 Å². The molecule has 0 N–H and O–H groups in total. The molecule has 0 spiro atoms. The van der Waals surface area contributed by atoms with Crippen molar-refractivity contribution in [3.8, 4) is 0 Å². The number of hydrogen-bond donors (Lipinski definition) is 0. The van der Waals surface area contributed by atoms with Crippen molar-refractivity contribution >= 4 is 12.2 Å². The Balaban J connectivity index is 0.000000235. The molecule has 110 valence electrons. The molecule has 0 aromatic heterocycles. The second-order valence-electron chi connectivity index (χ2n) is 3.80. The van der Waals surface area contributed by atoms with Crippen molar-refractivity contribution in [1.29, 1.82) is 0 Å². The minimum atomic E-state index is -2.17. The van der Waals surface area contributed by atoms with E-state index in [1.807, 2.05) is 36.4 Å². The summed E-state index contributed by atoms with van der Waals surface area (Å²) in [6, 6.07) is 10.0. The molecular weight excluding hydrogens is 287 g/mol. The van der Waals surface area contributed by atoms with Crippen LogP contribution in [0.15, 0.2) is 43.5 Å². The van der Waals surface area contributed by atoms with Crippen LogP contribution in [0.25, 0.3) is 12.2 Å². The van der Waals surface area contributed by atoms with Crippen LogP contribution in [-0.2, 0) is 0 Å². The van der Waals surface area contributed by atoms with E-state index >= 15 is 0 Å². The summed E-state index contributed by atoms with van der Waals surface area (Å²) in [6.45, 7) is 6.56. The van der Waals surface area contributed by atoms with E-state index in [1.54, 1.807) is 0 Å². The van der Waals surface area contributed by atoms with E-state index in [0.29, 0.717) is 6.08 Å². The number of rotatable bonds is 2. The Hall–Kier alpha value is -2.43. The molecule has 2 aromatic rings. The lowest BCUT2D eigenvalue weighted by atomic mass is 10.1. The first-order chi connectivity index (χ1) is 9.93. The third-order valence-corrected chi connectivity index (χ3v) is 2.48. The molecule has 0 bridgehead atoms. The number of hydrogen-bond acceptors (Lipinski definition) is 0. The lowest BCUT2D eigenvalue weighted by molar-refractivity contribution is 0.377. The molecule has 0 heterocycles. The average Bonchev–Trinajstić information content (AvgIpc) is 2.53. The minimum absolute atomic E-state index is 0.566. The van der Waals surface area contributed by atoms with E-state index in [1.165, 1.54) is 5.56 Å². The van der Waals surface area contributed by atoms with Gasteiger partial charge in [0.05, 0.1) is 5.56 Å². The minimum Gasteiger partial charge on any atom is -0.203 e. The molecule has 0 atom stereocenters. The van der Waals surface area contributed by atoms with Crippen molar-refractivity contribution in [1.82, 2.24) is 0 Å². The summed E-state index contributed by atoms with van der Waals surface area (Å²) in [5, 5.41) is 0. The van der Waals surface area contributed by atoms with Gasteiger partial charge in [-0.2, -0.15) is 0 Å². The van der Waals surface area contributed by atoms with Gasteiger partial charge in [0.25, 0.3) is 0 Å². The molecule has 0 aliphatic heterocycles. The smallest absolute Gasteiger partial charge is 0.200 e. The summed E-state index contributed by atoms with van der Waals surface area (Å²) in [7, 11) is 0. The maximum atomic E-state index is 12.6. The van der Waals surface area contributed by atoms with Crippen LogP contribution in [0.5, 0.6) is 0 Å². The molecule has 0 saturated carbocycles. The molecule has 0 radical (unpaired) electrons. The van der Waals surface area contributed by atoms with Crippen molar-refractivity contribution < 1.29 is 22.0 Å². The van der Waals surface area contributed by atoms with Gasteiger partial charge in [0.2, 0.25) is 5.82 Å². The number of halogens is 5. The Morgan fingerprint density at radius 3 is 1.38 bits per heavy atom. The summed E-state index contributed by atoms with van der Waals surface area (Å²) >= 11 is 0. The summed E-state index contributed by atoms with van der Waals surface area (Å²) in [5.74, 6) is -9.83. The molecule has 0 aliphatic carbocycles. The Kier molecular flexibility index (Phi) is 5.84. The van der Waals surface area contributed by atoms with Crippen LogP contribution < -0.4 is 0 Å². The van der Waals surface area contributed by atoms with Gasteiger partial charge in [0.1, 0.15) is 0 Å². The highest BCUT2D eigenvalue weighted by atomic mass is 19.2. The maximum Gasteiger partial charge on any atom is 0.200 e. The highest BCUT2D eigenvalue weighted by Gasteiger charge is 2.23. The molecule has 5 heteroatoms. The Labute approximate surface area is 118 Å². The second kappa shape index (κ2) is 7.38. The van der Waals surface area contributed by atoms with Gasteiger partial charge in [-0.1, -0.05) is 55.6 Å². The quantitative estimate of drug-likeness (QED) is 0.398. The third kappa shape index (κ3) is 3.78. The first-order valence-corrected chi connectivity index (χ1v) is 5.75. The van der Waals surface area contributed by atoms with Gasteiger partial charge in [-0.15, -0.1) is 0 Å². The zero-order chi connectivity index (χ0) is 16.0. The van der Waals surface area contributed by atoms with Crippen LogP contribution in [0, 0.1) is 29.1 Å². The van der Waals surface area contributed by atoms with Gasteiger partial charge in [0.15, 0.2) is 23.3 Å². The Bertz CT molecular complexity index is 618. The average molecular weight is 298 g/mol. The first kappa shape index (κ1) is 16.6. The van der Waals surface area contributed by atoms with Gasteiger partial charge in [-0.25, -0.2) is 22.0 Å². The van der Waals surface area contributed by atoms with Crippen LogP contribution in [0.2, 0.25) is 0 Å². The lowest BCUT2D eigenvalue weighted by Crippen LogP contribution is -2.03. The molecule has 0 nitrogen and oxygen atoms in total. The van der Waals surface area contributed by atoms with Crippen LogP contribution in [0.1, 0.15) is 11.1 Å². The van der Waals surface area contributed by atoms with Crippen molar-refractivity contribution in [2.75, 3.05) is 0 Å². The topological polar surface area (TPSA) is 0 Å². The van der Waals surface area contributed by atoms with Crippen LogP contribution in [0.4, 0.5) is 22.0 Å². The lowest BCUT2D eigenvalue weighted by Gasteiger charge is -2.02. The molecule has 2 aromatic carbocycles. The Morgan fingerprint density at radius 1 is 0.619 bits per heavy atom. The first-order valence-electron chi connectivity index (χ1n) is 5.75. The summed E-state index contributed by atoms with van der Waals surface area (Å²) in [4.78, 5) is 0. The number of benzene rings is 2.